The quantitative estimate of drug-likeness (QED) is 0.901. The van der Waals surface area contributed by atoms with Crippen molar-refractivity contribution in [3.05, 3.63) is 16.8 Å². The van der Waals surface area contributed by atoms with E-state index in [0.717, 1.165) is 0 Å². The predicted octanol–water partition coefficient (Wildman–Crippen LogP) is 2.46. The van der Waals surface area contributed by atoms with Gasteiger partial charge < -0.3 is 14.5 Å². The van der Waals surface area contributed by atoms with Crippen LogP contribution in [0.1, 0.15) is 26.7 Å². The van der Waals surface area contributed by atoms with Crippen molar-refractivity contribution in [2.24, 2.45) is 0 Å². The molecule has 1 N–H and O–H groups in total. The summed E-state index contributed by atoms with van der Waals surface area (Å²) in [4.78, 5) is 15.2. The van der Waals surface area contributed by atoms with E-state index in [1.54, 1.807) is 20.8 Å². The van der Waals surface area contributed by atoms with Gasteiger partial charge in [-0.25, -0.2) is 9.78 Å². The topological polar surface area (TPSA) is 64.4 Å². The van der Waals surface area contributed by atoms with Gasteiger partial charge in [0, 0.05) is 0 Å². The lowest BCUT2D eigenvalue weighted by atomic mass is 10.2. The molecule has 1 rings (SSSR count). The van der Waals surface area contributed by atoms with Crippen molar-refractivity contribution in [2.75, 3.05) is 0 Å². The van der Waals surface area contributed by atoms with Crippen LogP contribution in [-0.2, 0) is 11.3 Å². The largest absolute Gasteiger partial charge is 0.446 e. The fourth-order valence-corrected chi connectivity index (χ4v) is 1.12. The molecule has 0 atom stereocenters. The molecule has 1 aromatic rings. The van der Waals surface area contributed by atoms with Gasteiger partial charge >= 0.3 is 6.09 Å². The van der Waals surface area contributed by atoms with E-state index in [1.807, 2.05) is 0 Å². The molecule has 5 nitrogen and oxygen atoms in total. The predicted molar refractivity (Wildman–Crippen MR) is 57.3 cm³/mol. The number of carbonyl (C=O) groups excluding carboxylic acids is 1. The highest BCUT2D eigenvalue weighted by Gasteiger charge is 2.16. The van der Waals surface area contributed by atoms with Gasteiger partial charge in [-0.1, -0.05) is 0 Å². The number of ether oxygens (including phenoxy) is 1. The summed E-state index contributed by atoms with van der Waals surface area (Å²) in [5, 5.41) is 2.53. The number of nitrogens with one attached hydrogen (secondary N) is 1. The van der Waals surface area contributed by atoms with Crippen LogP contribution >= 0.6 is 15.9 Å². The molecule has 1 amide bonds. The van der Waals surface area contributed by atoms with Crippen molar-refractivity contribution in [3.63, 3.8) is 0 Å². The van der Waals surface area contributed by atoms with E-state index in [1.165, 1.54) is 6.26 Å². The number of hydrogen-bond donors (Lipinski definition) is 1. The van der Waals surface area contributed by atoms with Gasteiger partial charge in [0.2, 0.25) is 5.89 Å². The molecule has 0 spiro atoms. The van der Waals surface area contributed by atoms with Crippen LogP contribution in [-0.4, -0.2) is 16.7 Å². The van der Waals surface area contributed by atoms with Crippen LogP contribution in [0.2, 0.25) is 0 Å². The minimum atomic E-state index is -0.499. The number of halogens is 1. The van der Waals surface area contributed by atoms with Crippen molar-refractivity contribution in [2.45, 2.75) is 32.9 Å². The molecule has 0 fully saturated rings. The van der Waals surface area contributed by atoms with Crippen LogP contribution in [0, 0.1) is 0 Å². The molecule has 0 aliphatic heterocycles. The molecule has 1 aromatic heterocycles. The molecule has 0 aliphatic carbocycles. The third-order valence-electron chi connectivity index (χ3n) is 1.31. The Bertz CT molecular complexity index is 343. The van der Waals surface area contributed by atoms with Crippen LogP contribution in [0.15, 0.2) is 15.3 Å². The number of alkyl carbamates (subject to hydrolysis) is 1. The number of carbonyl (C=O) groups is 1. The number of amides is 1. The Labute approximate surface area is 96.3 Å². The van der Waals surface area contributed by atoms with E-state index in [9.17, 15) is 4.79 Å². The maximum atomic E-state index is 11.2. The molecular formula is C9H13BrN2O3. The van der Waals surface area contributed by atoms with Crippen LogP contribution in [0.3, 0.4) is 0 Å². The maximum absolute atomic E-state index is 11.2. The number of aromatic nitrogens is 1. The van der Waals surface area contributed by atoms with Crippen molar-refractivity contribution in [1.82, 2.24) is 10.3 Å². The third-order valence-corrected chi connectivity index (χ3v) is 1.67. The SMILES string of the molecule is CC(C)(C)OC(=O)NCc1nc(Br)co1. The number of nitrogens with zero attached hydrogens (tertiary/aromatic N) is 1. The molecule has 0 unspecified atom stereocenters. The van der Waals surface area contributed by atoms with Crippen LogP contribution < -0.4 is 5.32 Å². The minimum Gasteiger partial charge on any atom is -0.446 e. The Morgan fingerprint density at radius 3 is 2.80 bits per heavy atom. The first-order valence-electron chi connectivity index (χ1n) is 4.43. The van der Waals surface area contributed by atoms with Gasteiger partial charge in [0.25, 0.3) is 0 Å². The smallest absolute Gasteiger partial charge is 0.408 e. The second kappa shape index (κ2) is 4.65. The van der Waals surface area contributed by atoms with Crippen molar-refractivity contribution in [1.29, 1.82) is 0 Å². The molecule has 1 heterocycles. The first kappa shape index (κ1) is 12.0. The molecule has 0 saturated carbocycles. The standard InChI is InChI=1S/C9H13BrN2O3/c1-9(2,3)15-8(13)11-4-7-12-6(10)5-14-7/h5H,4H2,1-3H3,(H,11,13). The Kier molecular flexibility index (Phi) is 3.73. The highest BCUT2D eigenvalue weighted by molar-refractivity contribution is 9.10. The second-order valence-corrected chi connectivity index (χ2v) is 4.73. The van der Waals surface area contributed by atoms with Crippen LogP contribution in [0.4, 0.5) is 4.79 Å². The lowest BCUT2D eigenvalue weighted by Gasteiger charge is -2.19. The summed E-state index contributed by atoms with van der Waals surface area (Å²) in [6, 6.07) is 0. The zero-order valence-electron chi connectivity index (χ0n) is 8.83. The monoisotopic (exact) mass is 276 g/mol. The Morgan fingerprint density at radius 1 is 1.67 bits per heavy atom. The minimum absolute atomic E-state index is 0.209. The van der Waals surface area contributed by atoms with Gasteiger partial charge in [-0.15, -0.1) is 0 Å². The Balaban J connectivity index is 2.35. The van der Waals surface area contributed by atoms with Crippen LogP contribution in [0.5, 0.6) is 0 Å². The molecule has 0 bridgehead atoms. The Hall–Kier alpha value is -1.04. The van der Waals surface area contributed by atoms with Crippen molar-refractivity contribution >= 4 is 22.0 Å². The first-order chi connectivity index (χ1) is 6.87. The lowest BCUT2D eigenvalue weighted by Crippen LogP contribution is -2.32. The summed E-state index contributed by atoms with van der Waals surface area (Å²) in [6.45, 7) is 5.61. The zero-order valence-corrected chi connectivity index (χ0v) is 10.4. The van der Waals surface area contributed by atoms with Gasteiger partial charge in [-0.2, -0.15) is 0 Å². The molecule has 0 aromatic carbocycles. The summed E-state index contributed by atoms with van der Waals surface area (Å²) in [7, 11) is 0. The van der Waals surface area contributed by atoms with Gasteiger partial charge in [0.15, 0.2) is 0 Å². The summed E-state index contributed by atoms with van der Waals surface area (Å²) >= 11 is 3.14. The lowest BCUT2D eigenvalue weighted by molar-refractivity contribution is 0.0519. The molecule has 0 radical (unpaired) electrons. The fourth-order valence-electron chi connectivity index (χ4n) is 0.832. The summed E-state index contributed by atoms with van der Waals surface area (Å²) in [5.74, 6) is 0.424. The second-order valence-electron chi connectivity index (χ2n) is 3.92. The maximum Gasteiger partial charge on any atom is 0.408 e. The van der Waals surface area contributed by atoms with E-state index >= 15 is 0 Å². The number of oxazole rings is 1. The number of rotatable bonds is 2. The van der Waals surface area contributed by atoms with Crippen molar-refractivity contribution in [3.8, 4) is 0 Å². The van der Waals surface area contributed by atoms with Gasteiger partial charge in [0.1, 0.15) is 16.5 Å². The fraction of sp³-hybridized carbons (Fsp3) is 0.556. The zero-order chi connectivity index (χ0) is 11.5. The summed E-state index contributed by atoms with van der Waals surface area (Å²) < 4.78 is 10.7. The third kappa shape index (κ3) is 4.83. The molecule has 6 heteroatoms. The normalized spacial score (nSPS) is 11.2. The molecule has 84 valence electrons. The van der Waals surface area contributed by atoms with E-state index in [2.05, 4.69) is 26.2 Å². The van der Waals surface area contributed by atoms with Gasteiger partial charge in [-0.3, -0.25) is 0 Å². The summed E-state index contributed by atoms with van der Waals surface area (Å²) in [6.07, 6.45) is 0.961. The molecule has 0 aliphatic rings. The average molecular weight is 277 g/mol. The number of hydrogen-bond acceptors (Lipinski definition) is 4. The van der Waals surface area contributed by atoms with E-state index < -0.39 is 11.7 Å². The molecule has 15 heavy (non-hydrogen) atoms. The van der Waals surface area contributed by atoms with E-state index in [-0.39, 0.29) is 6.54 Å². The highest BCUT2D eigenvalue weighted by Crippen LogP contribution is 2.09. The first-order valence-corrected chi connectivity index (χ1v) is 5.23. The molecular weight excluding hydrogens is 264 g/mol. The van der Waals surface area contributed by atoms with E-state index in [0.29, 0.717) is 10.5 Å². The summed E-state index contributed by atoms with van der Waals surface area (Å²) in [5.41, 5.74) is -0.499. The Morgan fingerprint density at radius 2 is 2.33 bits per heavy atom. The van der Waals surface area contributed by atoms with E-state index in [4.69, 9.17) is 9.15 Å². The molecule has 0 saturated heterocycles. The highest BCUT2D eigenvalue weighted by atomic mass is 79.9. The van der Waals surface area contributed by atoms with Gasteiger partial charge in [-0.05, 0) is 36.7 Å². The van der Waals surface area contributed by atoms with Gasteiger partial charge in [0.05, 0.1) is 6.54 Å². The average Bonchev–Trinajstić information content (AvgIpc) is 2.45. The van der Waals surface area contributed by atoms with Crippen molar-refractivity contribution < 1.29 is 13.9 Å². The van der Waals surface area contributed by atoms with Crippen LogP contribution in [0.25, 0.3) is 0 Å².